The fourth-order valence-corrected chi connectivity index (χ4v) is 4.83. The highest BCUT2D eigenvalue weighted by Crippen LogP contribution is 2.20. The fraction of sp³-hybridized carbons (Fsp3) is 0.412. The standard InChI is InChI=1S/C34H45N5O5/c1-20(2)16-28(32(42)36-26-13-12-24-8-6-7-9-25(24)19-26)38-34(44)30(18-23-10-14-27(40)15-11-23)39-33(43)29(17-21(3)4)37-31(41)22(5)35/h6-15,19-22,28-30,40H,16-18,35H2,1-5H3,(H,36,42)(H,37,41)(H,38,44)(H,39,43). The lowest BCUT2D eigenvalue weighted by Gasteiger charge is -2.27. The van der Waals surface area contributed by atoms with Crippen LogP contribution in [0.15, 0.2) is 66.7 Å². The minimum atomic E-state index is -1.07. The summed E-state index contributed by atoms with van der Waals surface area (Å²) in [5, 5.41) is 23.0. The van der Waals surface area contributed by atoms with Gasteiger partial charge >= 0.3 is 0 Å². The van der Waals surface area contributed by atoms with Gasteiger partial charge in [-0.1, -0.05) is 70.2 Å². The zero-order valence-corrected chi connectivity index (χ0v) is 26.1. The first-order chi connectivity index (χ1) is 20.8. The summed E-state index contributed by atoms with van der Waals surface area (Å²) in [6.07, 6.45) is 0.793. The number of phenols is 1. The van der Waals surface area contributed by atoms with E-state index < -0.39 is 41.9 Å². The highest BCUT2D eigenvalue weighted by Gasteiger charge is 2.31. The van der Waals surface area contributed by atoms with Crippen molar-refractivity contribution in [1.82, 2.24) is 16.0 Å². The van der Waals surface area contributed by atoms with Crippen molar-refractivity contribution in [3.8, 4) is 5.75 Å². The van der Waals surface area contributed by atoms with Crippen LogP contribution in [0, 0.1) is 11.8 Å². The third-order valence-corrected chi connectivity index (χ3v) is 7.12. The van der Waals surface area contributed by atoms with Crippen molar-refractivity contribution in [2.45, 2.75) is 78.0 Å². The van der Waals surface area contributed by atoms with Gasteiger partial charge in [0.2, 0.25) is 23.6 Å². The highest BCUT2D eigenvalue weighted by atomic mass is 16.3. The molecule has 0 heterocycles. The number of fused-ring (bicyclic) bond motifs is 1. The smallest absolute Gasteiger partial charge is 0.246 e. The van der Waals surface area contributed by atoms with Crippen LogP contribution in [0.1, 0.15) is 53.0 Å². The van der Waals surface area contributed by atoms with Crippen molar-refractivity contribution in [1.29, 1.82) is 0 Å². The molecule has 10 heteroatoms. The predicted octanol–water partition coefficient (Wildman–Crippen LogP) is 3.62. The van der Waals surface area contributed by atoms with Crippen molar-refractivity contribution in [3.05, 3.63) is 72.3 Å². The Hall–Kier alpha value is -4.44. The van der Waals surface area contributed by atoms with E-state index in [-0.39, 0.29) is 29.9 Å². The predicted molar refractivity (Wildman–Crippen MR) is 173 cm³/mol. The summed E-state index contributed by atoms with van der Waals surface area (Å²) in [6, 6.07) is 16.0. The van der Waals surface area contributed by atoms with Crippen molar-refractivity contribution < 1.29 is 24.3 Å². The monoisotopic (exact) mass is 603 g/mol. The first kappa shape index (κ1) is 34.1. The number of hydrogen-bond donors (Lipinski definition) is 6. The quantitative estimate of drug-likeness (QED) is 0.165. The van der Waals surface area contributed by atoms with Gasteiger partial charge in [-0.25, -0.2) is 0 Å². The Morgan fingerprint density at radius 3 is 1.77 bits per heavy atom. The molecule has 7 N–H and O–H groups in total. The van der Waals surface area contributed by atoms with Crippen molar-refractivity contribution in [2.24, 2.45) is 17.6 Å². The van der Waals surface area contributed by atoms with Crippen LogP contribution in [0.2, 0.25) is 0 Å². The Bertz CT molecular complexity index is 1440. The number of carbonyl (C=O) groups is 4. The van der Waals surface area contributed by atoms with E-state index in [9.17, 15) is 24.3 Å². The maximum Gasteiger partial charge on any atom is 0.246 e. The molecular weight excluding hydrogens is 558 g/mol. The number of amides is 4. The number of carbonyl (C=O) groups excluding carboxylic acids is 4. The number of benzene rings is 3. The van der Waals surface area contributed by atoms with Crippen LogP contribution in [0.4, 0.5) is 5.69 Å². The molecule has 4 amide bonds. The van der Waals surface area contributed by atoms with Gasteiger partial charge in [0.25, 0.3) is 0 Å². The van der Waals surface area contributed by atoms with Crippen molar-refractivity contribution in [2.75, 3.05) is 5.32 Å². The normalized spacial score (nSPS) is 14.0. The van der Waals surface area contributed by atoms with Gasteiger partial charge in [-0.15, -0.1) is 0 Å². The summed E-state index contributed by atoms with van der Waals surface area (Å²) in [5.41, 5.74) is 7.01. The summed E-state index contributed by atoms with van der Waals surface area (Å²) in [6.45, 7) is 9.28. The van der Waals surface area contributed by atoms with Gasteiger partial charge in [-0.05, 0) is 72.2 Å². The lowest BCUT2D eigenvalue weighted by molar-refractivity contribution is -0.133. The summed E-state index contributed by atoms with van der Waals surface area (Å²) in [5.74, 6) is -1.72. The third-order valence-electron chi connectivity index (χ3n) is 7.12. The van der Waals surface area contributed by atoms with Gasteiger partial charge in [0.1, 0.15) is 23.9 Å². The molecule has 10 nitrogen and oxygen atoms in total. The number of nitrogens with one attached hydrogen (secondary N) is 4. The van der Waals surface area contributed by atoms with Gasteiger partial charge in [0.15, 0.2) is 0 Å². The molecule has 0 bridgehead atoms. The molecule has 3 aromatic carbocycles. The van der Waals surface area contributed by atoms with Crippen LogP contribution in [0.25, 0.3) is 10.8 Å². The Labute approximate surface area is 259 Å². The first-order valence-corrected chi connectivity index (χ1v) is 15.1. The van der Waals surface area contributed by atoms with Gasteiger partial charge in [-0.2, -0.15) is 0 Å². The van der Waals surface area contributed by atoms with Crippen LogP contribution in [-0.2, 0) is 25.6 Å². The minimum Gasteiger partial charge on any atom is -0.508 e. The Morgan fingerprint density at radius 2 is 1.18 bits per heavy atom. The molecule has 0 spiro atoms. The van der Waals surface area contributed by atoms with Gasteiger partial charge in [-0.3, -0.25) is 19.2 Å². The number of nitrogens with two attached hydrogens (primary N) is 1. The maximum atomic E-state index is 13.8. The van der Waals surface area contributed by atoms with Crippen molar-refractivity contribution >= 4 is 40.1 Å². The van der Waals surface area contributed by atoms with E-state index in [1.54, 1.807) is 12.1 Å². The topological polar surface area (TPSA) is 163 Å². The zero-order chi connectivity index (χ0) is 32.4. The van der Waals surface area contributed by atoms with Crippen LogP contribution >= 0.6 is 0 Å². The van der Waals surface area contributed by atoms with E-state index in [2.05, 4.69) is 21.3 Å². The number of phenolic OH excluding ortho intramolecular Hbond substituents is 1. The first-order valence-electron chi connectivity index (χ1n) is 15.1. The molecule has 3 rings (SSSR count). The lowest BCUT2D eigenvalue weighted by atomic mass is 9.99. The molecule has 44 heavy (non-hydrogen) atoms. The summed E-state index contributed by atoms with van der Waals surface area (Å²) in [4.78, 5) is 53.1. The van der Waals surface area contributed by atoms with Crippen LogP contribution in [0.3, 0.4) is 0 Å². The Morgan fingerprint density at radius 1 is 0.659 bits per heavy atom. The van der Waals surface area contributed by atoms with Gasteiger partial charge in [0.05, 0.1) is 6.04 Å². The molecule has 0 aliphatic rings. The van der Waals surface area contributed by atoms with Crippen molar-refractivity contribution in [3.63, 3.8) is 0 Å². The molecule has 0 aromatic heterocycles. The molecule has 0 aliphatic carbocycles. The average Bonchev–Trinajstić information content (AvgIpc) is 2.96. The second-order valence-corrected chi connectivity index (χ2v) is 12.2. The molecule has 4 unspecified atom stereocenters. The minimum absolute atomic E-state index is 0.0664. The fourth-order valence-electron chi connectivity index (χ4n) is 4.83. The zero-order valence-electron chi connectivity index (χ0n) is 26.1. The number of aromatic hydroxyl groups is 1. The number of hydrogen-bond acceptors (Lipinski definition) is 6. The molecule has 0 radical (unpaired) electrons. The van der Waals surface area contributed by atoms with Crippen LogP contribution < -0.4 is 27.0 Å². The molecule has 3 aromatic rings. The largest absolute Gasteiger partial charge is 0.508 e. The lowest BCUT2D eigenvalue weighted by Crippen LogP contribution is -2.58. The Balaban J connectivity index is 1.84. The van der Waals surface area contributed by atoms with Crippen LogP contribution in [-0.4, -0.2) is 52.9 Å². The van der Waals surface area contributed by atoms with Gasteiger partial charge in [0, 0.05) is 12.1 Å². The summed E-state index contributed by atoms with van der Waals surface area (Å²) in [7, 11) is 0. The van der Waals surface area contributed by atoms with Gasteiger partial charge < -0.3 is 32.1 Å². The molecule has 4 atom stereocenters. The molecule has 0 fully saturated rings. The van der Waals surface area contributed by atoms with E-state index in [1.165, 1.54) is 19.1 Å². The second-order valence-electron chi connectivity index (χ2n) is 12.2. The summed E-state index contributed by atoms with van der Waals surface area (Å²) < 4.78 is 0. The van der Waals surface area contributed by atoms with E-state index in [0.717, 1.165) is 10.8 Å². The summed E-state index contributed by atoms with van der Waals surface area (Å²) >= 11 is 0. The highest BCUT2D eigenvalue weighted by molar-refractivity contribution is 6.00. The van der Waals surface area contributed by atoms with Crippen LogP contribution in [0.5, 0.6) is 5.75 Å². The molecular formula is C34H45N5O5. The third kappa shape index (κ3) is 10.4. The number of rotatable bonds is 14. The van der Waals surface area contributed by atoms with E-state index in [0.29, 0.717) is 24.1 Å². The Kier molecular flexibility index (Phi) is 12.3. The van der Waals surface area contributed by atoms with E-state index in [1.807, 2.05) is 70.2 Å². The van der Waals surface area contributed by atoms with E-state index >= 15 is 0 Å². The number of anilines is 1. The molecule has 0 aliphatic heterocycles. The second kappa shape index (κ2) is 15.9. The molecule has 0 saturated heterocycles. The maximum absolute atomic E-state index is 13.8. The van der Waals surface area contributed by atoms with E-state index in [4.69, 9.17) is 5.73 Å². The molecule has 0 saturated carbocycles. The average molecular weight is 604 g/mol. The SMILES string of the molecule is CC(C)CC(NC(=O)C(C)N)C(=O)NC(Cc1ccc(O)cc1)C(=O)NC(CC(C)C)C(=O)Nc1ccc2ccccc2c1. The molecule has 236 valence electrons.